The van der Waals surface area contributed by atoms with Gasteiger partial charge in [-0.2, -0.15) is 5.26 Å². The van der Waals surface area contributed by atoms with Crippen molar-refractivity contribution < 1.29 is 32.4 Å². The number of ether oxygens (including phenoxy) is 1. The molecule has 1 aromatic carbocycles. The molecular weight excluding hydrogens is 605 g/mol. The van der Waals surface area contributed by atoms with Crippen molar-refractivity contribution in [1.82, 2.24) is 15.1 Å². The number of hydrogen-bond donors (Lipinski definition) is 1. The standard InChI is InChI=1S/C35H47BF2N4O5/c1-32(2,42-12-11-35(37,38)22-42)19-24(20-39)31(44)41-13-14-45-26(21-41)18-30(43)40-29(15-23-9-7-6-8-10-23)36-46-28-17-25-16-27(33(25,3)4)34(28,5)47-36/h6-10,19,25-29H,11-18,21-22H2,1-5H3,(H,40,43)/t25-,26-,27-,28+,29?,34-/m0/s1. The highest BCUT2D eigenvalue weighted by Crippen LogP contribution is 2.65. The zero-order chi connectivity index (χ0) is 33.8. The van der Waals surface area contributed by atoms with Gasteiger partial charge >= 0.3 is 7.12 Å². The quantitative estimate of drug-likeness (QED) is 0.243. The molecule has 0 spiro atoms. The van der Waals surface area contributed by atoms with Crippen LogP contribution in [0.25, 0.3) is 0 Å². The number of nitrogens with zero attached hydrogens (tertiary/aromatic N) is 3. The summed E-state index contributed by atoms with van der Waals surface area (Å²) in [7, 11) is -0.600. The van der Waals surface area contributed by atoms with E-state index >= 15 is 0 Å². The minimum atomic E-state index is -2.79. The number of carbonyl (C=O) groups is 2. The Balaban J connectivity index is 1.10. The summed E-state index contributed by atoms with van der Waals surface area (Å²) in [5.74, 6) is -2.95. The highest BCUT2D eigenvalue weighted by Gasteiger charge is 2.68. The highest BCUT2D eigenvalue weighted by atomic mass is 19.3. The van der Waals surface area contributed by atoms with Gasteiger partial charge in [0, 0.05) is 31.6 Å². The lowest BCUT2D eigenvalue weighted by Crippen LogP contribution is -2.65. The summed E-state index contributed by atoms with van der Waals surface area (Å²) in [6.07, 6.45) is 3.26. The third-order valence-electron chi connectivity index (χ3n) is 11.6. The van der Waals surface area contributed by atoms with E-state index in [1.54, 1.807) is 18.7 Å². The highest BCUT2D eigenvalue weighted by molar-refractivity contribution is 6.48. The average molecular weight is 653 g/mol. The topological polar surface area (TPSA) is 104 Å². The van der Waals surface area contributed by atoms with E-state index in [9.17, 15) is 23.6 Å². The zero-order valence-electron chi connectivity index (χ0n) is 28.1. The maximum absolute atomic E-state index is 13.9. The Bertz CT molecular complexity index is 1430. The second kappa shape index (κ2) is 12.6. The third kappa shape index (κ3) is 6.74. The molecule has 2 bridgehead atoms. The van der Waals surface area contributed by atoms with Crippen LogP contribution < -0.4 is 5.32 Å². The van der Waals surface area contributed by atoms with Crippen LogP contribution in [-0.2, 0) is 30.1 Å². The van der Waals surface area contributed by atoms with Crippen LogP contribution in [0.1, 0.15) is 65.9 Å². The van der Waals surface area contributed by atoms with Gasteiger partial charge in [-0.05, 0) is 68.9 Å². The first-order valence-electron chi connectivity index (χ1n) is 16.9. The summed E-state index contributed by atoms with van der Waals surface area (Å²) in [5, 5.41) is 13.0. The Hall–Kier alpha value is -2.85. The summed E-state index contributed by atoms with van der Waals surface area (Å²) in [6.45, 7) is 10.6. The van der Waals surface area contributed by atoms with E-state index in [2.05, 4.69) is 26.1 Å². The van der Waals surface area contributed by atoms with Gasteiger partial charge in [0.05, 0.1) is 43.3 Å². The van der Waals surface area contributed by atoms with Gasteiger partial charge < -0.3 is 24.3 Å². The number of hydrogen-bond acceptors (Lipinski definition) is 7. The SMILES string of the molecule is CC1(C)[C@@H]2C[C@H]3OB(C(Cc4ccccc4)NC(=O)C[C@H]4CN(C(=O)C(C#N)=CC(C)(C)N5CCC(F)(F)C5)CCO4)O[C@@]3(C)[C@H]1C2. The molecule has 12 heteroatoms. The number of morpholine rings is 1. The van der Waals surface area contributed by atoms with E-state index in [0.29, 0.717) is 18.3 Å². The van der Waals surface area contributed by atoms with Crippen molar-refractivity contribution in [3.05, 3.63) is 47.5 Å². The van der Waals surface area contributed by atoms with Crippen molar-refractivity contribution in [2.75, 3.05) is 32.8 Å². The van der Waals surface area contributed by atoms with Gasteiger partial charge in [-0.15, -0.1) is 0 Å². The van der Waals surface area contributed by atoms with Crippen molar-refractivity contribution in [3.8, 4) is 6.07 Å². The monoisotopic (exact) mass is 652 g/mol. The summed E-state index contributed by atoms with van der Waals surface area (Å²) in [5.41, 5.74) is -0.175. The zero-order valence-corrected chi connectivity index (χ0v) is 28.1. The first kappa shape index (κ1) is 34.0. The Morgan fingerprint density at radius 3 is 2.60 bits per heavy atom. The molecule has 1 N–H and O–H groups in total. The first-order chi connectivity index (χ1) is 22.1. The molecule has 0 radical (unpaired) electrons. The van der Waals surface area contributed by atoms with Gasteiger partial charge in [-0.25, -0.2) is 8.78 Å². The van der Waals surface area contributed by atoms with E-state index in [0.717, 1.165) is 18.4 Å². The second-order valence-electron chi connectivity index (χ2n) is 15.5. The lowest BCUT2D eigenvalue weighted by Gasteiger charge is -2.64. The fourth-order valence-corrected chi connectivity index (χ4v) is 8.64. The Kier molecular flexibility index (Phi) is 9.09. The molecule has 2 amide bonds. The molecule has 3 aliphatic carbocycles. The molecule has 6 aliphatic rings. The molecule has 3 heterocycles. The molecule has 254 valence electrons. The number of amides is 2. The minimum absolute atomic E-state index is 0.0141. The smallest absolute Gasteiger partial charge is 0.404 e. The van der Waals surface area contributed by atoms with E-state index in [1.165, 1.54) is 11.0 Å². The van der Waals surface area contributed by atoms with Crippen LogP contribution in [0.4, 0.5) is 8.78 Å². The molecule has 6 fully saturated rings. The predicted molar refractivity (Wildman–Crippen MR) is 172 cm³/mol. The van der Waals surface area contributed by atoms with Crippen LogP contribution in [0.2, 0.25) is 0 Å². The molecule has 47 heavy (non-hydrogen) atoms. The molecule has 3 saturated carbocycles. The van der Waals surface area contributed by atoms with Crippen LogP contribution in [0.15, 0.2) is 42.0 Å². The van der Waals surface area contributed by atoms with Crippen LogP contribution in [0.3, 0.4) is 0 Å². The second-order valence-corrected chi connectivity index (χ2v) is 15.5. The van der Waals surface area contributed by atoms with Gasteiger partial charge in [0.2, 0.25) is 5.91 Å². The maximum atomic E-state index is 13.9. The molecule has 7 rings (SSSR count). The molecule has 9 nitrogen and oxygen atoms in total. The molecule has 1 aromatic rings. The van der Waals surface area contributed by atoms with Crippen LogP contribution in [0, 0.1) is 28.6 Å². The van der Waals surface area contributed by atoms with E-state index in [4.69, 9.17) is 14.0 Å². The lowest BCUT2D eigenvalue weighted by molar-refractivity contribution is -0.199. The summed E-state index contributed by atoms with van der Waals surface area (Å²) in [6, 6.07) is 11.9. The van der Waals surface area contributed by atoms with Gasteiger partial charge in [-0.1, -0.05) is 44.2 Å². The van der Waals surface area contributed by atoms with Crippen molar-refractivity contribution >= 4 is 18.9 Å². The van der Waals surface area contributed by atoms with Gasteiger partial charge in [-0.3, -0.25) is 14.5 Å². The minimum Gasteiger partial charge on any atom is -0.404 e. The Morgan fingerprint density at radius 1 is 1.19 bits per heavy atom. The lowest BCUT2D eigenvalue weighted by atomic mass is 9.43. The number of nitrogens with one attached hydrogen (secondary N) is 1. The largest absolute Gasteiger partial charge is 0.482 e. The van der Waals surface area contributed by atoms with Crippen LogP contribution >= 0.6 is 0 Å². The molecule has 3 saturated heterocycles. The summed E-state index contributed by atoms with van der Waals surface area (Å²) >= 11 is 0. The number of nitriles is 1. The van der Waals surface area contributed by atoms with Crippen LogP contribution in [-0.4, -0.2) is 96.7 Å². The number of likely N-dealkylation sites (tertiary alicyclic amines) is 1. The van der Waals surface area contributed by atoms with Crippen molar-refractivity contribution in [3.63, 3.8) is 0 Å². The maximum Gasteiger partial charge on any atom is 0.482 e. The number of rotatable bonds is 9. The van der Waals surface area contributed by atoms with E-state index < -0.39 is 48.7 Å². The molecular formula is C35H47BF2N4O5. The van der Waals surface area contributed by atoms with Crippen molar-refractivity contribution in [2.24, 2.45) is 17.3 Å². The third-order valence-corrected chi connectivity index (χ3v) is 11.6. The Morgan fingerprint density at radius 2 is 1.94 bits per heavy atom. The first-order valence-corrected chi connectivity index (χ1v) is 16.9. The molecule has 6 atom stereocenters. The number of alkyl halides is 2. The number of benzene rings is 1. The summed E-state index contributed by atoms with van der Waals surface area (Å²) in [4.78, 5) is 30.1. The normalized spacial score (nSPS) is 32.3. The van der Waals surface area contributed by atoms with Gasteiger partial charge in [0.25, 0.3) is 11.8 Å². The average Bonchev–Trinajstić information content (AvgIpc) is 3.58. The Labute approximate surface area is 277 Å². The fraction of sp³-hybridized carbons (Fsp3) is 0.686. The van der Waals surface area contributed by atoms with E-state index in [-0.39, 0.29) is 62.1 Å². The van der Waals surface area contributed by atoms with Crippen molar-refractivity contribution in [1.29, 1.82) is 5.26 Å². The molecule has 1 unspecified atom stereocenters. The predicted octanol–water partition coefficient (Wildman–Crippen LogP) is 4.17. The van der Waals surface area contributed by atoms with Crippen molar-refractivity contribution in [2.45, 2.75) is 102 Å². The molecule has 3 aliphatic heterocycles. The molecule has 0 aromatic heterocycles. The number of halogens is 2. The van der Waals surface area contributed by atoms with Gasteiger partial charge in [0.15, 0.2) is 0 Å². The van der Waals surface area contributed by atoms with Crippen LogP contribution in [0.5, 0.6) is 0 Å². The van der Waals surface area contributed by atoms with E-state index in [1.807, 2.05) is 36.4 Å². The number of carbonyl (C=O) groups excluding carboxylic acids is 2. The summed E-state index contributed by atoms with van der Waals surface area (Å²) < 4.78 is 47.0. The fourth-order valence-electron chi connectivity index (χ4n) is 8.64. The van der Waals surface area contributed by atoms with Gasteiger partial charge in [0.1, 0.15) is 11.6 Å².